The summed E-state index contributed by atoms with van der Waals surface area (Å²) in [6.45, 7) is 2.49. The molecule has 8 nitrogen and oxygen atoms in total. The molecule has 0 aromatic heterocycles. The highest BCUT2D eigenvalue weighted by Gasteiger charge is 2.40. The smallest absolute Gasteiger partial charge is 0.309 e. The number of benzene rings is 1. The van der Waals surface area contributed by atoms with Crippen LogP contribution in [0.15, 0.2) is 23.1 Å². The zero-order valence-corrected chi connectivity index (χ0v) is 17.0. The number of anilines is 1. The van der Waals surface area contributed by atoms with E-state index >= 15 is 0 Å². The van der Waals surface area contributed by atoms with Crippen molar-refractivity contribution in [2.24, 2.45) is 11.8 Å². The van der Waals surface area contributed by atoms with Crippen molar-refractivity contribution in [3.63, 3.8) is 0 Å². The highest BCUT2D eigenvalue weighted by Crippen LogP contribution is 2.38. The normalized spacial score (nSPS) is 22.4. The average molecular weight is 410 g/mol. The number of nitrogens with one attached hydrogen (secondary N) is 1. The van der Waals surface area contributed by atoms with Crippen LogP contribution in [0.3, 0.4) is 0 Å². The fourth-order valence-corrected chi connectivity index (χ4v) is 4.99. The van der Waals surface area contributed by atoms with Gasteiger partial charge in [0.15, 0.2) is 6.61 Å². The van der Waals surface area contributed by atoms with Gasteiger partial charge in [-0.05, 0) is 43.4 Å². The van der Waals surface area contributed by atoms with E-state index in [4.69, 9.17) is 9.47 Å². The lowest BCUT2D eigenvalue weighted by atomic mass is 10.2. The number of carbonyl (C=O) groups is 2. The summed E-state index contributed by atoms with van der Waals surface area (Å²) >= 11 is 0. The molecule has 1 amide bonds. The molecule has 2 atom stereocenters. The van der Waals surface area contributed by atoms with Crippen LogP contribution < -0.4 is 10.1 Å². The number of ether oxygens (including phenoxy) is 2. The molecule has 154 valence electrons. The van der Waals surface area contributed by atoms with E-state index in [1.165, 1.54) is 23.5 Å². The molecule has 0 spiro atoms. The monoisotopic (exact) mass is 410 g/mol. The minimum absolute atomic E-state index is 0.0125. The molecule has 0 bridgehead atoms. The second-order valence-corrected chi connectivity index (χ2v) is 9.21. The molecule has 0 unspecified atom stereocenters. The van der Waals surface area contributed by atoms with Gasteiger partial charge in [0.05, 0.1) is 13.0 Å². The molecule has 0 radical (unpaired) electrons. The van der Waals surface area contributed by atoms with Crippen molar-refractivity contribution < 1.29 is 27.5 Å². The third-order valence-corrected chi connectivity index (χ3v) is 7.06. The number of esters is 1. The number of methoxy groups -OCH3 is 1. The second-order valence-electron chi connectivity index (χ2n) is 7.31. The van der Waals surface area contributed by atoms with E-state index in [1.807, 2.05) is 6.92 Å². The largest absolute Gasteiger partial charge is 0.495 e. The third kappa shape index (κ3) is 4.64. The van der Waals surface area contributed by atoms with Gasteiger partial charge in [0.25, 0.3) is 5.91 Å². The van der Waals surface area contributed by atoms with E-state index in [1.54, 1.807) is 6.07 Å². The number of rotatable bonds is 7. The minimum Gasteiger partial charge on any atom is -0.495 e. The Bertz CT molecular complexity index is 848. The summed E-state index contributed by atoms with van der Waals surface area (Å²) in [5, 5.41) is 2.58. The molecule has 1 N–H and O–H groups in total. The first kappa shape index (κ1) is 20.6. The van der Waals surface area contributed by atoms with Gasteiger partial charge in [-0.1, -0.05) is 13.3 Å². The van der Waals surface area contributed by atoms with Gasteiger partial charge < -0.3 is 14.8 Å². The number of amides is 1. The molecule has 2 aliphatic rings. The van der Waals surface area contributed by atoms with Gasteiger partial charge in [-0.2, -0.15) is 4.31 Å². The van der Waals surface area contributed by atoms with Crippen LogP contribution in [0.2, 0.25) is 0 Å². The van der Waals surface area contributed by atoms with Gasteiger partial charge in [-0.3, -0.25) is 9.59 Å². The molecule has 1 saturated heterocycles. The van der Waals surface area contributed by atoms with Crippen molar-refractivity contribution in [3.8, 4) is 5.75 Å². The third-order valence-electron chi connectivity index (χ3n) is 5.14. The van der Waals surface area contributed by atoms with Crippen LogP contribution in [0, 0.1) is 11.8 Å². The van der Waals surface area contributed by atoms with Gasteiger partial charge in [-0.15, -0.1) is 0 Å². The lowest BCUT2D eigenvalue weighted by Gasteiger charge is -2.26. The quantitative estimate of drug-likeness (QED) is 0.690. The number of carbonyl (C=O) groups excluding carboxylic acids is 2. The predicted octanol–water partition coefficient (Wildman–Crippen LogP) is 2.01. The van der Waals surface area contributed by atoms with Gasteiger partial charge in [0.2, 0.25) is 10.0 Å². The molecular weight excluding hydrogens is 384 g/mol. The zero-order valence-electron chi connectivity index (χ0n) is 16.1. The number of sulfonamides is 1. The number of hydrogen-bond donors (Lipinski definition) is 1. The van der Waals surface area contributed by atoms with E-state index in [-0.39, 0.29) is 22.5 Å². The van der Waals surface area contributed by atoms with Crippen molar-refractivity contribution >= 4 is 27.6 Å². The topological polar surface area (TPSA) is 102 Å². The van der Waals surface area contributed by atoms with Crippen LogP contribution in [0.5, 0.6) is 5.75 Å². The number of hydrogen-bond acceptors (Lipinski definition) is 6. The maximum absolute atomic E-state index is 13.0. The number of piperidine rings is 1. The summed E-state index contributed by atoms with van der Waals surface area (Å²) in [5.41, 5.74) is 0.303. The second kappa shape index (κ2) is 8.48. The summed E-state index contributed by atoms with van der Waals surface area (Å²) in [6.07, 6.45) is 3.44. The van der Waals surface area contributed by atoms with E-state index in [0.717, 1.165) is 25.7 Å². The summed E-state index contributed by atoms with van der Waals surface area (Å²) in [5.74, 6) is -0.480. The molecule has 28 heavy (non-hydrogen) atoms. The molecule has 2 fully saturated rings. The standard InChI is InChI=1S/C19H26N2O6S/c1-13-10-15(13)19(23)27-12-18(22)20-14-6-7-16(26-2)17(11-14)28(24,25)21-8-4-3-5-9-21/h6-7,11,13,15H,3-5,8-10,12H2,1-2H3,(H,20,22)/t13-,15+/m0/s1. The summed E-state index contributed by atoms with van der Waals surface area (Å²) in [4.78, 5) is 23.8. The molecule has 1 aliphatic heterocycles. The maximum Gasteiger partial charge on any atom is 0.309 e. The maximum atomic E-state index is 13.0. The van der Waals surface area contributed by atoms with Crippen molar-refractivity contribution in [2.45, 2.75) is 37.5 Å². The Kier molecular flexibility index (Phi) is 6.24. The SMILES string of the molecule is COc1ccc(NC(=O)COC(=O)[C@@H]2C[C@@H]2C)cc1S(=O)(=O)N1CCCCC1. The van der Waals surface area contributed by atoms with Crippen LogP contribution in [-0.4, -0.2) is 51.4 Å². The molecule has 1 saturated carbocycles. The first-order chi connectivity index (χ1) is 13.3. The van der Waals surface area contributed by atoms with Crippen LogP contribution in [-0.2, 0) is 24.3 Å². The number of nitrogens with zero attached hydrogens (tertiary/aromatic N) is 1. The van der Waals surface area contributed by atoms with E-state index in [9.17, 15) is 18.0 Å². The molecular formula is C19H26N2O6S. The minimum atomic E-state index is -3.73. The van der Waals surface area contributed by atoms with Gasteiger partial charge in [0.1, 0.15) is 10.6 Å². The van der Waals surface area contributed by atoms with Crippen LogP contribution in [0.25, 0.3) is 0 Å². The fraction of sp³-hybridized carbons (Fsp3) is 0.579. The predicted molar refractivity (Wildman–Crippen MR) is 102 cm³/mol. The van der Waals surface area contributed by atoms with Gasteiger partial charge >= 0.3 is 5.97 Å². The first-order valence-corrected chi connectivity index (χ1v) is 10.9. The van der Waals surface area contributed by atoms with Gasteiger partial charge in [-0.25, -0.2) is 8.42 Å². The van der Waals surface area contributed by atoms with E-state index < -0.39 is 22.5 Å². The highest BCUT2D eigenvalue weighted by molar-refractivity contribution is 7.89. The lowest BCUT2D eigenvalue weighted by Crippen LogP contribution is -2.35. The summed E-state index contributed by atoms with van der Waals surface area (Å²) < 4.78 is 37.7. The van der Waals surface area contributed by atoms with Crippen molar-refractivity contribution in [3.05, 3.63) is 18.2 Å². The lowest BCUT2D eigenvalue weighted by molar-refractivity contribution is -0.148. The van der Waals surface area contributed by atoms with Crippen molar-refractivity contribution in [2.75, 3.05) is 32.1 Å². The highest BCUT2D eigenvalue weighted by atomic mass is 32.2. The van der Waals surface area contributed by atoms with E-state index in [0.29, 0.717) is 24.7 Å². The fourth-order valence-electron chi connectivity index (χ4n) is 3.29. The molecule has 1 aromatic rings. The Balaban J connectivity index is 1.69. The van der Waals surface area contributed by atoms with E-state index in [2.05, 4.69) is 5.32 Å². The Morgan fingerprint density at radius 2 is 1.89 bits per heavy atom. The first-order valence-electron chi connectivity index (χ1n) is 9.47. The van der Waals surface area contributed by atoms with Crippen LogP contribution >= 0.6 is 0 Å². The molecule has 3 rings (SSSR count). The summed E-state index contributed by atoms with van der Waals surface area (Å²) in [6, 6.07) is 4.44. The Morgan fingerprint density at radius 3 is 2.50 bits per heavy atom. The molecule has 1 heterocycles. The Morgan fingerprint density at radius 1 is 1.21 bits per heavy atom. The van der Waals surface area contributed by atoms with Crippen LogP contribution in [0.4, 0.5) is 5.69 Å². The van der Waals surface area contributed by atoms with Crippen molar-refractivity contribution in [1.29, 1.82) is 0 Å². The van der Waals surface area contributed by atoms with Gasteiger partial charge in [0, 0.05) is 18.8 Å². The zero-order chi connectivity index (χ0) is 20.3. The average Bonchev–Trinajstić information content (AvgIpc) is 3.43. The Labute approximate surface area is 165 Å². The molecule has 1 aromatic carbocycles. The molecule has 1 aliphatic carbocycles. The van der Waals surface area contributed by atoms with Crippen LogP contribution in [0.1, 0.15) is 32.6 Å². The summed E-state index contributed by atoms with van der Waals surface area (Å²) in [7, 11) is -2.32. The Hall–Kier alpha value is -2.13. The van der Waals surface area contributed by atoms with Crippen molar-refractivity contribution in [1.82, 2.24) is 4.31 Å². The molecule has 9 heteroatoms.